The second kappa shape index (κ2) is 9.19. The number of hydrogen-bond acceptors (Lipinski definition) is 6. The van der Waals surface area contributed by atoms with Crippen molar-refractivity contribution >= 4 is 51.8 Å². The van der Waals surface area contributed by atoms with Gasteiger partial charge < -0.3 is 4.74 Å². The number of amidine groups is 1. The number of hydrogen-bond donors (Lipinski definition) is 0. The predicted molar refractivity (Wildman–Crippen MR) is 141 cm³/mol. The summed E-state index contributed by atoms with van der Waals surface area (Å²) < 4.78 is 5.52. The highest BCUT2D eigenvalue weighted by molar-refractivity contribution is 6.26. The monoisotopic (exact) mass is 476 g/mol. The number of fused-ring (bicyclic) bond motifs is 2. The van der Waals surface area contributed by atoms with Crippen molar-refractivity contribution in [3.8, 4) is 0 Å². The molecule has 0 radical (unpaired) electrons. The molecule has 0 bridgehead atoms. The van der Waals surface area contributed by atoms with E-state index >= 15 is 0 Å². The van der Waals surface area contributed by atoms with Gasteiger partial charge in [-0.2, -0.15) is 4.90 Å². The molecule has 0 unspecified atom stereocenters. The fraction of sp³-hybridized carbons (Fsp3) is 0.138. The number of pyridine rings is 2. The standard InChI is InChI=1S/C29H24N4O3/c1-29(2,3)36-28(35)33-26(15-14-19-8-4-12-23-21(19)10-6-16-30-23)32-25(27(33)34)18-20-9-5-13-24-22(20)11-7-17-31-24/h4-18H,1-3H3/b15-14+,25-18-. The lowest BCUT2D eigenvalue weighted by Gasteiger charge is -2.23. The van der Waals surface area contributed by atoms with Crippen molar-refractivity contribution in [1.29, 1.82) is 0 Å². The molecule has 0 saturated heterocycles. The summed E-state index contributed by atoms with van der Waals surface area (Å²) in [5.74, 6) is -0.371. The van der Waals surface area contributed by atoms with Crippen LogP contribution in [-0.4, -0.2) is 38.3 Å². The van der Waals surface area contributed by atoms with Crippen molar-refractivity contribution in [2.75, 3.05) is 0 Å². The van der Waals surface area contributed by atoms with Crippen LogP contribution in [-0.2, 0) is 9.53 Å². The van der Waals surface area contributed by atoms with Crippen LogP contribution in [0.1, 0.15) is 31.9 Å². The Morgan fingerprint density at radius 2 is 1.44 bits per heavy atom. The number of rotatable bonds is 3. The zero-order valence-electron chi connectivity index (χ0n) is 20.2. The highest BCUT2D eigenvalue weighted by atomic mass is 16.6. The first-order valence-electron chi connectivity index (χ1n) is 11.5. The molecule has 0 saturated carbocycles. The Labute approximate surface area is 208 Å². The summed E-state index contributed by atoms with van der Waals surface area (Å²) in [6.07, 6.45) is 7.81. The molecule has 0 aliphatic carbocycles. The van der Waals surface area contributed by atoms with Crippen LogP contribution in [0.15, 0.2) is 89.8 Å². The molecule has 3 heterocycles. The minimum absolute atomic E-state index is 0.136. The van der Waals surface area contributed by atoms with Gasteiger partial charge in [-0.25, -0.2) is 9.79 Å². The zero-order valence-corrected chi connectivity index (χ0v) is 20.2. The lowest BCUT2D eigenvalue weighted by Crippen LogP contribution is -2.41. The van der Waals surface area contributed by atoms with Crippen molar-refractivity contribution in [2.45, 2.75) is 26.4 Å². The number of aromatic nitrogens is 2. The smallest absolute Gasteiger partial charge is 0.423 e. The first-order chi connectivity index (χ1) is 17.3. The summed E-state index contributed by atoms with van der Waals surface area (Å²) in [6.45, 7) is 5.25. The number of imide groups is 1. The summed E-state index contributed by atoms with van der Waals surface area (Å²) >= 11 is 0. The van der Waals surface area contributed by atoms with Crippen molar-refractivity contribution in [3.05, 3.63) is 96.0 Å². The van der Waals surface area contributed by atoms with Gasteiger partial charge in [0.1, 0.15) is 17.1 Å². The number of ether oxygens (including phenoxy) is 1. The topological polar surface area (TPSA) is 84.8 Å². The Morgan fingerprint density at radius 3 is 2.08 bits per heavy atom. The molecule has 2 aromatic carbocycles. The summed E-state index contributed by atoms with van der Waals surface area (Å²) in [5, 5.41) is 1.83. The molecule has 36 heavy (non-hydrogen) atoms. The molecule has 0 spiro atoms. The molecule has 0 atom stereocenters. The van der Waals surface area contributed by atoms with E-state index in [0.29, 0.717) is 0 Å². The van der Waals surface area contributed by atoms with Crippen LogP contribution in [0.4, 0.5) is 4.79 Å². The molecule has 1 aliphatic heterocycles. The Morgan fingerprint density at radius 1 is 0.833 bits per heavy atom. The number of aliphatic imine (C=N–C) groups is 1. The molecule has 7 nitrogen and oxygen atoms in total. The van der Waals surface area contributed by atoms with Crippen LogP contribution >= 0.6 is 0 Å². The Kier molecular flexibility index (Phi) is 5.90. The minimum Gasteiger partial charge on any atom is -0.443 e. The minimum atomic E-state index is -0.779. The third kappa shape index (κ3) is 4.63. The molecule has 2 amide bonds. The normalized spacial score (nSPS) is 15.3. The highest BCUT2D eigenvalue weighted by Gasteiger charge is 2.37. The third-order valence-corrected chi connectivity index (χ3v) is 5.53. The predicted octanol–water partition coefficient (Wildman–Crippen LogP) is 6.01. The van der Waals surface area contributed by atoms with Gasteiger partial charge in [0, 0.05) is 23.2 Å². The van der Waals surface area contributed by atoms with Crippen molar-refractivity contribution in [2.24, 2.45) is 4.99 Å². The second-order valence-electron chi connectivity index (χ2n) is 9.29. The average molecular weight is 477 g/mol. The van der Waals surface area contributed by atoms with Gasteiger partial charge >= 0.3 is 6.09 Å². The first kappa shape index (κ1) is 23.1. The highest BCUT2D eigenvalue weighted by Crippen LogP contribution is 2.26. The van der Waals surface area contributed by atoms with Crippen LogP contribution in [0.25, 0.3) is 34.0 Å². The lowest BCUT2D eigenvalue weighted by molar-refractivity contribution is -0.122. The van der Waals surface area contributed by atoms with E-state index < -0.39 is 17.6 Å². The number of carbonyl (C=O) groups excluding carboxylic acids is 2. The van der Waals surface area contributed by atoms with Crippen molar-refractivity contribution in [1.82, 2.24) is 14.9 Å². The maximum atomic E-state index is 13.4. The van der Waals surface area contributed by atoms with Crippen LogP contribution in [0, 0.1) is 0 Å². The van der Waals surface area contributed by atoms with E-state index in [1.165, 1.54) is 0 Å². The Balaban J connectivity index is 1.58. The quantitative estimate of drug-likeness (QED) is 0.338. The molecular weight excluding hydrogens is 452 g/mol. The second-order valence-corrected chi connectivity index (χ2v) is 9.29. The lowest BCUT2D eigenvalue weighted by atomic mass is 10.1. The number of nitrogens with zero attached hydrogens (tertiary/aromatic N) is 4. The molecule has 0 fully saturated rings. The molecule has 178 valence electrons. The van der Waals surface area contributed by atoms with E-state index in [0.717, 1.165) is 37.8 Å². The van der Waals surface area contributed by atoms with E-state index in [2.05, 4.69) is 15.0 Å². The number of amides is 2. The fourth-order valence-corrected chi connectivity index (χ4v) is 3.97. The SMILES string of the molecule is CC(C)(C)OC(=O)N1C(=O)/C(=C/c2cccc3ncccc23)N=C1/C=C/c1cccc2ncccc12. The molecule has 2 aromatic heterocycles. The van der Waals surface area contributed by atoms with E-state index in [1.54, 1.807) is 45.3 Å². The van der Waals surface area contributed by atoms with Gasteiger partial charge in [-0.1, -0.05) is 42.5 Å². The fourth-order valence-electron chi connectivity index (χ4n) is 3.97. The van der Waals surface area contributed by atoms with E-state index in [-0.39, 0.29) is 11.5 Å². The molecule has 5 rings (SSSR count). The summed E-state index contributed by atoms with van der Waals surface area (Å²) in [4.78, 5) is 40.7. The summed E-state index contributed by atoms with van der Waals surface area (Å²) in [6, 6.07) is 19.0. The average Bonchev–Trinajstić information content (AvgIpc) is 3.16. The van der Waals surface area contributed by atoms with E-state index in [1.807, 2.05) is 66.7 Å². The number of carbonyl (C=O) groups is 2. The summed E-state index contributed by atoms with van der Waals surface area (Å²) in [5.41, 5.74) is 2.67. The molecular formula is C29H24N4O3. The summed E-state index contributed by atoms with van der Waals surface area (Å²) in [7, 11) is 0. The van der Waals surface area contributed by atoms with Gasteiger partial charge in [-0.15, -0.1) is 0 Å². The molecule has 0 N–H and O–H groups in total. The van der Waals surface area contributed by atoms with E-state index in [4.69, 9.17) is 4.74 Å². The van der Waals surface area contributed by atoms with Crippen molar-refractivity contribution < 1.29 is 14.3 Å². The van der Waals surface area contributed by atoms with Crippen LogP contribution in [0.3, 0.4) is 0 Å². The maximum Gasteiger partial charge on any atom is 0.423 e. The zero-order chi connectivity index (χ0) is 25.3. The van der Waals surface area contributed by atoms with Gasteiger partial charge in [-0.3, -0.25) is 14.8 Å². The van der Waals surface area contributed by atoms with Crippen LogP contribution in [0.2, 0.25) is 0 Å². The first-order valence-corrected chi connectivity index (χ1v) is 11.5. The van der Waals surface area contributed by atoms with Gasteiger partial charge in [0.15, 0.2) is 0 Å². The van der Waals surface area contributed by atoms with Crippen LogP contribution in [0.5, 0.6) is 0 Å². The molecule has 1 aliphatic rings. The molecule has 4 aromatic rings. The Hall–Kier alpha value is -4.65. The van der Waals surface area contributed by atoms with Crippen LogP contribution < -0.4 is 0 Å². The largest absolute Gasteiger partial charge is 0.443 e. The molecule has 7 heteroatoms. The van der Waals surface area contributed by atoms with E-state index in [9.17, 15) is 9.59 Å². The third-order valence-electron chi connectivity index (χ3n) is 5.53. The maximum absolute atomic E-state index is 13.4. The van der Waals surface area contributed by atoms with Gasteiger partial charge in [0.2, 0.25) is 0 Å². The van der Waals surface area contributed by atoms with Gasteiger partial charge in [0.25, 0.3) is 5.91 Å². The van der Waals surface area contributed by atoms with Crippen molar-refractivity contribution in [3.63, 3.8) is 0 Å². The van der Waals surface area contributed by atoms with Gasteiger partial charge in [-0.05, 0) is 68.3 Å². The van der Waals surface area contributed by atoms with Gasteiger partial charge in [0.05, 0.1) is 11.0 Å². The number of benzene rings is 2. The Bertz CT molecular complexity index is 1580.